The third kappa shape index (κ3) is 2.60. The molecular weight excluding hydrogens is 294 g/mol. The summed E-state index contributed by atoms with van der Waals surface area (Å²) in [4.78, 5) is 4.06. The molecule has 1 heterocycles. The van der Waals surface area contributed by atoms with Gasteiger partial charge in [0.15, 0.2) is 0 Å². The van der Waals surface area contributed by atoms with Crippen LogP contribution in [0.4, 0.5) is 5.69 Å². The molecule has 2 N–H and O–H groups in total. The van der Waals surface area contributed by atoms with Crippen LogP contribution in [0.5, 0.6) is 11.6 Å². The van der Waals surface area contributed by atoms with Crippen molar-refractivity contribution in [2.24, 2.45) is 0 Å². The van der Waals surface area contributed by atoms with Gasteiger partial charge in [0.25, 0.3) is 0 Å². The van der Waals surface area contributed by atoms with E-state index in [0.29, 0.717) is 17.0 Å². The van der Waals surface area contributed by atoms with E-state index in [0.717, 1.165) is 10.0 Å². The van der Waals surface area contributed by atoms with Crippen LogP contribution in [0.15, 0.2) is 34.9 Å². The molecule has 0 spiro atoms. The van der Waals surface area contributed by atoms with Crippen molar-refractivity contribution in [3.05, 3.63) is 46.1 Å². The summed E-state index contributed by atoms with van der Waals surface area (Å²) in [6, 6.07) is 9.05. The predicted octanol–water partition coefficient (Wildman–Crippen LogP) is 3.40. The average molecular weight is 304 g/mol. The van der Waals surface area contributed by atoms with Crippen LogP contribution in [-0.4, -0.2) is 4.98 Å². The van der Waals surface area contributed by atoms with Crippen molar-refractivity contribution in [3.63, 3.8) is 0 Å². The van der Waals surface area contributed by atoms with Crippen LogP contribution >= 0.6 is 15.9 Å². The molecule has 0 radical (unpaired) electrons. The Labute approximate surface area is 113 Å². The maximum atomic E-state index is 9.08. The van der Waals surface area contributed by atoms with Gasteiger partial charge in [-0.1, -0.05) is 15.9 Å². The van der Waals surface area contributed by atoms with E-state index in [4.69, 9.17) is 15.7 Å². The van der Waals surface area contributed by atoms with Crippen molar-refractivity contribution >= 4 is 21.6 Å². The molecule has 0 atom stereocenters. The van der Waals surface area contributed by atoms with Gasteiger partial charge in [-0.05, 0) is 30.7 Å². The summed E-state index contributed by atoms with van der Waals surface area (Å²) < 4.78 is 6.41. The van der Waals surface area contributed by atoms with Gasteiger partial charge in [0.05, 0.1) is 0 Å². The summed E-state index contributed by atoms with van der Waals surface area (Å²) in [6.07, 6.45) is 1.60. The van der Waals surface area contributed by atoms with Gasteiger partial charge < -0.3 is 10.5 Å². The van der Waals surface area contributed by atoms with E-state index in [1.54, 1.807) is 30.5 Å². The number of aromatic nitrogens is 1. The standard InChI is InChI=1S/C13H10BrN3O/c1-8-2-3-17-13(12(8)7-15)18-11-5-9(14)4-10(16)6-11/h2-6H,16H2,1H3. The summed E-state index contributed by atoms with van der Waals surface area (Å²) in [5.74, 6) is 0.825. The Hall–Kier alpha value is -2.06. The van der Waals surface area contributed by atoms with Gasteiger partial charge in [-0.15, -0.1) is 0 Å². The summed E-state index contributed by atoms with van der Waals surface area (Å²) in [5, 5.41) is 9.08. The van der Waals surface area contributed by atoms with Crippen molar-refractivity contribution in [1.29, 1.82) is 5.26 Å². The first-order valence-corrected chi connectivity index (χ1v) is 5.99. The third-order valence-corrected chi connectivity index (χ3v) is 2.80. The summed E-state index contributed by atoms with van der Waals surface area (Å²) in [6.45, 7) is 1.84. The van der Waals surface area contributed by atoms with E-state index in [1.807, 2.05) is 6.92 Å². The highest BCUT2D eigenvalue weighted by atomic mass is 79.9. The van der Waals surface area contributed by atoms with Crippen LogP contribution in [-0.2, 0) is 0 Å². The van der Waals surface area contributed by atoms with Gasteiger partial charge in [0, 0.05) is 22.4 Å². The predicted molar refractivity (Wildman–Crippen MR) is 72.3 cm³/mol. The number of nitrogens with two attached hydrogens (primary N) is 1. The fourth-order valence-electron chi connectivity index (χ4n) is 1.50. The molecule has 4 nitrogen and oxygen atoms in total. The quantitative estimate of drug-likeness (QED) is 0.863. The van der Waals surface area contributed by atoms with Gasteiger partial charge >= 0.3 is 0 Å². The molecule has 2 aromatic rings. The molecule has 0 saturated carbocycles. The molecule has 0 saturated heterocycles. The van der Waals surface area contributed by atoms with E-state index in [-0.39, 0.29) is 5.88 Å². The molecule has 0 bridgehead atoms. The largest absolute Gasteiger partial charge is 0.438 e. The van der Waals surface area contributed by atoms with E-state index < -0.39 is 0 Å². The van der Waals surface area contributed by atoms with Crippen LogP contribution < -0.4 is 10.5 Å². The maximum Gasteiger partial charge on any atom is 0.237 e. The second-order valence-corrected chi connectivity index (χ2v) is 4.66. The zero-order valence-corrected chi connectivity index (χ0v) is 11.2. The molecule has 1 aromatic heterocycles. The lowest BCUT2D eigenvalue weighted by molar-refractivity contribution is 0.460. The number of benzene rings is 1. The lowest BCUT2D eigenvalue weighted by atomic mass is 10.2. The van der Waals surface area contributed by atoms with Crippen molar-refractivity contribution in [2.75, 3.05) is 5.73 Å². The lowest BCUT2D eigenvalue weighted by Crippen LogP contribution is -1.95. The molecule has 0 fully saturated rings. The lowest BCUT2D eigenvalue weighted by Gasteiger charge is -2.08. The van der Waals surface area contributed by atoms with Gasteiger partial charge in [-0.2, -0.15) is 5.26 Å². The van der Waals surface area contributed by atoms with Gasteiger partial charge in [0.1, 0.15) is 17.4 Å². The van der Waals surface area contributed by atoms with Crippen molar-refractivity contribution in [3.8, 4) is 17.7 Å². The molecule has 2 rings (SSSR count). The highest BCUT2D eigenvalue weighted by Gasteiger charge is 2.09. The molecule has 0 aliphatic carbocycles. The van der Waals surface area contributed by atoms with Crippen LogP contribution in [0.2, 0.25) is 0 Å². The minimum Gasteiger partial charge on any atom is -0.438 e. The Morgan fingerprint density at radius 3 is 2.83 bits per heavy atom. The number of pyridine rings is 1. The Bertz CT molecular complexity index is 614. The normalized spacial score (nSPS) is 9.83. The topological polar surface area (TPSA) is 71.9 Å². The highest BCUT2D eigenvalue weighted by molar-refractivity contribution is 9.10. The Balaban J connectivity index is 2.40. The molecule has 0 unspecified atom stereocenters. The number of nitrogen functional groups attached to an aromatic ring is 1. The molecular formula is C13H10BrN3O. The van der Waals surface area contributed by atoms with E-state index in [9.17, 15) is 0 Å². The Kier molecular flexibility index (Phi) is 3.49. The molecule has 5 heteroatoms. The first-order valence-electron chi connectivity index (χ1n) is 5.20. The number of halogens is 1. The number of nitriles is 1. The van der Waals surface area contributed by atoms with Crippen molar-refractivity contribution < 1.29 is 4.74 Å². The van der Waals surface area contributed by atoms with Crippen LogP contribution in [0.25, 0.3) is 0 Å². The number of rotatable bonds is 2. The van der Waals surface area contributed by atoms with E-state index >= 15 is 0 Å². The first kappa shape index (κ1) is 12.4. The fraction of sp³-hybridized carbons (Fsp3) is 0.0769. The second kappa shape index (κ2) is 5.07. The number of hydrogen-bond donors (Lipinski definition) is 1. The summed E-state index contributed by atoms with van der Waals surface area (Å²) in [7, 11) is 0. The SMILES string of the molecule is Cc1ccnc(Oc2cc(N)cc(Br)c2)c1C#N. The first-order chi connectivity index (χ1) is 8.60. The zero-order valence-electron chi connectivity index (χ0n) is 9.64. The van der Waals surface area contributed by atoms with Crippen LogP contribution in [0.1, 0.15) is 11.1 Å². The number of nitrogens with zero attached hydrogens (tertiary/aromatic N) is 2. The number of aryl methyl sites for hydroxylation is 1. The van der Waals surface area contributed by atoms with Crippen LogP contribution in [0, 0.1) is 18.3 Å². The molecule has 0 aliphatic rings. The van der Waals surface area contributed by atoms with Gasteiger partial charge in [-0.25, -0.2) is 4.98 Å². The minimum absolute atomic E-state index is 0.287. The Morgan fingerprint density at radius 1 is 1.39 bits per heavy atom. The monoisotopic (exact) mass is 303 g/mol. The average Bonchev–Trinajstić information content (AvgIpc) is 2.27. The van der Waals surface area contributed by atoms with Gasteiger partial charge in [0.2, 0.25) is 5.88 Å². The zero-order chi connectivity index (χ0) is 13.1. The third-order valence-electron chi connectivity index (χ3n) is 2.34. The highest BCUT2D eigenvalue weighted by Crippen LogP contribution is 2.28. The minimum atomic E-state index is 0.287. The molecule has 90 valence electrons. The summed E-state index contributed by atoms with van der Waals surface area (Å²) in [5.41, 5.74) is 7.54. The molecule has 0 amide bonds. The van der Waals surface area contributed by atoms with Crippen molar-refractivity contribution in [2.45, 2.75) is 6.92 Å². The van der Waals surface area contributed by atoms with E-state index in [1.165, 1.54) is 0 Å². The second-order valence-electron chi connectivity index (χ2n) is 3.74. The molecule has 1 aromatic carbocycles. The molecule has 0 aliphatic heterocycles. The fourth-order valence-corrected chi connectivity index (χ4v) is 1.99. The Morgan fingerprint density at radius 2 is 2.17 bits per heavy atom. The van der Waals surface area contributed by atoms with E-state index in [2.05, 4.69) is 27.0 Å². The van der Waals surface area contributed by atoms with Crippen molar-refractivity contribution in [1.82, 2.24) is 4.98 Å². The number of hydrogen-bond acceptors (Lipinski definition) is 4. The maximum absolute atomic E-state index is 9.08. The summed E-state index contributed by atoms with van der Waals surface area (Å²) >= 11 is 3.33. The number of anilines is 1. The smallest absolute Gasteiger partial charge is 0.237 e. The van der Waals surface area contributed by atoms with Crippen LogP contribution in [0.3, 0.4) is 0 Å². The van der Waals surface area contributed by atoms with Gasteiger partial charge in [-0.3, -0.25) is 0 Å². The molecule has 18 heavy (non-hydrogen) atoms. The number of ether oxygens (including phenoxy) is 1.